The molecule has 5 unspecified atom stereocenters. The van der Waals surface area contributed by atoms with E-state index in [9.17, 15) is 15.0 Å². The standard InChI is InChI=1S/C10H20N2O5/c1-3-11-10-7(12-5(2)14)9(16)8(15)6(4-13)17-10/h6-11,13,15-16H,3-4H2,1-2H3,(H,12,14). The lowest BCUT2D eigenvalue weighted by Gasteiger charge is -2.42. The highest BCUT2D eigenvalue weighted by Crippen LogP contribution is 2.19. The van der Waals surface area contributed by atoms with Gasteiger partial charge in [-0.3, -0.25) is 10.1 Å². The predicted molar refractivity (Wildman–Crippen MR) is 59.0 cm³/mol. The highest BCUT2D eigenvalue weighted by atomic mass is 16.5. The average Bonchev–Trinajstić information content (AvgIpc) is 2.28. The van der Waals surface area contributed by atoms with E-state index in [1.165, 1.54) is 6.92 Å². The van der Waals surface area contributed by atoms with E-state index in [1.54, 1.807) is 0 Å². The number of aliphatic hydroxyl groups excluding tert-OH is 3. The monoisotopic (exact) mass is 248 g/mol. The van der Waals surface area contributed by atoms with E-state index in [2.05, 4.69) is 10.6 Å². The Labute approximate surface area is 99.8 Å². The first-order valence-electron chi connectivity index (χ1n) is 5.64. The molecule has 0 aromatic carbocycles. The number of nitrogens with one attached hydrogen (secondary N) is 2. The van der Waals surface area contributed by atoms with Crippen molar-refractivity contribution in [2.45, 2.75) is 44.4 Å². The van der Waals surface area contributed by atoms with Crippen molar-refractivity contribution in [1.29, 1.82) is 0 Å². The van der Waals surface area contributed by atoms with Gasteiger partial charge in [0.2, 0.25) is 5.91 Å². The predicted octanol–water partition coefficient (Wildman–Crippen LogP) is -2.46. The van der Waals surface area contributed by atoms with Crippen molar-refractivity contribution in [1.82, 2.24) is 10.6 Å². The lowest BCUT2D eigenvalue weighted by molar-refractivity contribution is -0.202. The summed E-state index contributed by atoms with van der Waals surface area (Å²) in [5.41, 5.74) is 0. The van der Waals surface area contributed by atoms with Crippen LogP contribution in [0.25, 0.3) is 0 Å². The molecule has 1 aliphatic rings. The lowest BCUT2D eigenvalue weighted by Crippen LogP contribution is -2.67. The van der Waals surface area contributed by atoms with Crippen LogP contribution in [0, 0.1) is 0 Å². The molecule has 1 heterocycles. The normalized spacial score (nSPS) is 37.8. The van der Waals surface area contributed by atoms with Crippen LogP contribution in [0.15, 0.2) is 0 Å². The zero-order chi connectivity index (χ0) is 13.0. The van der Waals surface area contributed by atoms with E-state index in [0.717, 1.165) is 0 Å². The first-order chi connectivity index (χ1) is 8.01. The maximum atomic E-state index is 11.0. The summed E-state index contributed by atoms with van der Waals surface area (Å²) in [5, 5.41) is 34.1. The van der Waals surface area contributed by atoms with Crippen LogP contribution in [0.4, 0.5) is 0 Å². The summed E-state index contributed by atoms with van der Waals surface area (Å²) in [4.78, 5) is 11.0. The molecule has 0 aromatic heterocycles. The summed E-state index contributed by atoms with van der Waals surface area (Å²) in [6.07, 6.45) is -3.92. The first kappa shape index (κ1) is 14.3. The third kappa shape index (κ3) is 3.36. The Morgan fingerprint density at radius 2 is 2.00 bits per heavy atom. The number of rotatable bonds is 4. The van der Waals surface area contributed by atoms with Gasteiger partial charge in [0.1, 0.15) is 24.5 Å². The molecule has 1 amide bonds. The Morgan fingerprint density at radius 3 is 2.47 bits per heavy atom. The van der Waals surface area contributed by atoms with Crippen LogP contribution in [0.1, 0.15) is 13.8 Å². The molecular weight excluding hydrogens is 228 g/mol. The molecule has 17 heavy (non-hydrogen) atoms. The van der Waals surface area contributed by atoms with E-state index < -0.39 is 37.2 Å². The molecule has 0 aliphatic carbocycles. The van der Waals surface area contributed by atoms with Gasteiger partial charge >= 0.3 is 0 Å². The molecule has 1 aliphatic heterocycles. The van der Waals surface area contributed by atoms with E-state index in [1.807, 2.05) is 6.92 Å². The highest BCUT2D eigenvalue weighted by molar-refractivity contribution is 5.73. The number of aliphatic hydroxyl groups is 3. The quantitative estimate of drug-likeness (QED) is 0.377. The molecule has 7 nitrogen and oxygen atoms in total. The third-order valence-corrected chi connectivity index (χ3v) is 2.70. The third-order valence-electron chi connectivity index (χ3n) is 2.70. The van der Waals surface area contributed by atoms with Crippen LogP contribution in [-0.4, -0.2) is 65.0 Å². The van der Waals surface area contributed by atoms with Crippen molar-refractivity contribution in [2.24, 2.45) is 0 Å². The topological polar surface area (TPSA) is 111 Å². The first-order valence-corrected chi connectivity index (χ1v) is 5.64. The summed E-state index contributed by atoms with van der Waals surface area (Å²) in [7, 11) is 0. The Hall–Kier alpha value is -0.730. The number of amides is 1. The fourth-order valence-electron chi connectivity index (χ4n) is 1.89. The van der Waals surface area contributed by atoms with E-state index >= 15 is 0 Å². The maximum Gasteiger partial charge on any atom is 0.217 e. The molecule has 0 aromatic rings. The zero-order valence-corrected chi connectivity index (χ0v) is 9.96. The number of hydrogen-bond donors (Lipinski definition) is 5. The summed E-state index contributed by atoms with van der Waals surface area (Å²) >= 11 is 0. The number of carbonyl (C=O) groups excluding carboxylic acids is 1. The minimum atomic E-state index is -1.23. The van der Waals surface area contributed by atoms with Crippen molar-refractivity contribution < 1.29 is 24.9 Å². The number of ether oxygens (including phenoxy) is 1. The second-order valence-corrected chi connectivity index (χ2v) is 4.04. The smallest absolute Gasteiger partial charge is 0.217 e. The van der Waals surface area contributed by atoms with E-state index in [0.29, 0.717) is 6.54 Å². The molecular formula is C10H20N2O5. The van der Waals surface area contributed by atoms with Gasteiger partial charge in [-0.2, -0.15) is 0 Å². The molecule has 0 radical (unpaired) electrons. The SMILES string of the molecule is CCNC1OC(CO)C(O)C(O)C1NC(C)=O. The van der Waals surface area contributed by atoms with Crippen molar-refractivity contribution in [2.75, 3.05) is 13.2 Å². The molecule has 0 spiro atoms. The molecule has 1 fully saturated rings. The van der Waals surface area contributed by atoms with Crippen LogP contribution >= 0.6 is 0 Å². The van der Waals surface area contributed by atoms with Crippen LogP contribution in [0.5, 0.6) is 0 Å². The van der Waals surface area contributed by atoms with Gasteiger partial charge in [0.15, 0.2) is 0 Å². The van der Waals surface area contributed by atoms with Crippen molar-refractivity contribution in [3.05, 3.63) is 0 Å². The zero-order valence-electron chi connectivity index (χ0n) is 9.96. The summed E-state index contributed by atoms with van der Waals surface area (Å²) in [6, 6.07) is -0.745. The molecule has 100 valence electrons. The second kappa shape index (κ2) is 6.27. The fraction of sp³-hybridized carbons (Fsp3) is 0.900. The highest BCUT2D eigenvalue weighted by Gasteiger charge is 2.44. The van der Waals surface area contributed by atoms with Gasteiger partial charge in [0.25, 0.3) is 0 Å². The fourth-order valence-corrected chi connectivity index (χ4v) is 1.89. The van der Waals surface area contributed by atoms with Crippen LogP contribution in [0.2, 0.25) is 0 Å². The Morgan fingerprint density at radius 1 is 1.35 bits per heavy atom. The van der Waals surface area contributed by atoms with Crippen LogP contribution in [-0.2, 0) is 9.53 Å². The van der Waals surface area contributed by atoms with Crippen LogP contribution in [0.3, 0.4) is 0 Å². The second-order valence-electron chi connectivity index (χ2n) is 4.04. The Kier molecular flexibility index (Phi) is 5.29. The van der Waals surface area contributed by atoms with Gasteiger partial charge in [0.05, 0.1) is 12.6 Å². The summed E-state index contributed by atoms with van der Waals surface area (Å²) in [6.45, 7) is 3.34. The minimum absolute atomic E-state index is 0.324. The molecule has 0 saturated carbocycles. The Bertz CT molecular complexity index is 263. The van der Waals surface area contributed by atoms with Crippen LogP contribution < -0.4 is 10.6 Å². The minimum Gasteiger partial charge on any atom is -0.394 e. The Balaban J connectivity index is 2.78. The van der Waals surface area contributed by atoms with Gasteiger partial charge in [0, 0.05) is 6.92 Å². The van der Waals surface area contributed by atoms with Crippen molar-refractivity contribution in [3.8, 4) is 0 Å². The van der Waals surface area contributed by atoms with Gasteiger partial charge < -0.3 is 25.4 Å². The van der Waals surface area contributed by atoms with Crippen molar-refractivity contribution in [3.63, 3.8) is 0 Å². The van der Waals surface area contributed by atoms with Gasteiger partial charge in [-0.05, 0) is 6.54 Å². The number of likely N-dealkylation sites (N-methyl/N-ethyl adjacent to an activating group) is 1. The largest absolute Gasteiger partial charge is 0.394 e. The summed E-state index contributed by atoms with van der Waals surface area (Å²) < 4.78 is 5.39. The van der Waals surface area contributed by atoms with Crippen molar-refractivity contribution >= 4 is 5.91 Å². The maximum absolute atomic E-state index is 11.0. The molecule has 1 rings (SSSR count). The number of hydrogen-bond acceptors (Lipinski definition) is 6. The molecule has 5 N–H and O–H groups in total. The number of carbonyl (C=O) groups is 1. The van der Waals surface area contributed by atoms with Gasteiger partial charge in [-0.25, -0.2) is 0 Å². The molecule has 5 atom stereocenters. The summed E-state index contributed by atoms with van der Waals surface area (Å²) in [5.74, 6) is -0.324. The van der Waals surface area contributed by atoms with E-state index in [4.69, 9.17) is 9.84 Å². The molecule has 7 heteroatoms. The average molecular weight is 248 g/mol. The van der Waals surface area contributed by atoms with Gasteiger partial charge in [-0.1, -0.05) is 6.92 Å². The van der Waals surface area contributed by atoms with Gasteiger partial charge in [-0.15, -0.1) is 0 Å². The molecule has 1 saturated heterocycles. The van der Waals surface area contributed by atoms with E-state index in [-0.39, 0.29) is 5.91 Å². The lowest BCUT2D eigenvalue weighted by atomic mass is 9.96. The molecule has 0 bridgehead atoms.